The lowest BCUT2D eigenvalue weighted by atomic mass is 10.1. The minimum atomic E-state index is 0.261. The van der Waals surface area contributed by atoms with Crippen molar-refractivity contribution >= 4 is 22.4 Å². The van der Waals surface area contributed by atoms with Crippen molar-refractivity contribution in [3.63, 3.8) is 0 Å². The summed E-state index contributed by atoms with van der Waals surface area (Å²) in [5.74, 6) is 1.36. The normalized spacial score (nSPS) is 18.3. The van der Waals surface area contributed by atoms with Crippen molar-refractivity contribution in [1.29, 1.82) is 0 Å². The Morgan fingerprint density at radius 2 is 2.06 bits per heavy atom. The van der Waals surface area contributed by atoms with E-state index in [1.54, 1.807) is 0 Å². The Balaban J connectivity index is 2.02. The second-order valence-corrected chi connectivity index (χ2v) is 4.44. The molecule has 1 saturated heterocycles. The number of benzene rings is 2. The lowest BCUT2D eigenvalue weighted by molar-refractivity contribution is 0.264. The van der Waals surface area contributed by atoms with Gasteiger partial charge in [0, 0.05) is 10.9 Å². The lowest BCUT2D eigenvalue weighted by Crippen LogP contribution is -2.06. The first-order valence-corrected chi connectivity index (χ1v) is 6.23. The summed E-state index contributed by atoms with van der Waals surface area (Å²) in [6.07, 6.45) is 0.261. The first kappa shape index (κ1) is 10.9. The summed E-state index contributed by atoms with van der Waals surface area (Å²) in [4.78, 5) is 0. The van der Waals surface area contributed by atoms with E-state index in [0.29, 0.717) is 12.5 Å². The van der Waals surface area contributed by atoms with Crippen LogP contribution in [0.25, 0.3) is 10.8 Å². The van der Waals surface area contributed by atoms with Crippen molar-refractivity contribution < 1.29 is 9.47 Å². The summed E-state index contributed by atoms with van der Waals surface area (Å²) in [5.41, 5.74) is 1.03. The molecule has 2 aromatic carbocycles. The largest absolute Gasteiger partial charge is 0.490 e. The highest BCUT2D eigenvalue weighted by atomic mass is 35.5. The average Bonchev–Trinajstić information content (AvgIpc) is 3.19. The van der Waals surface area contributed by atoms with Crippen LogP contribution in [0.2, 0.25) is 0 Å². The van der Waals surface area contributed by atoms with Crippen molar-refractivity contribution in [3.8, 4) is 5.75 Å². The SMILES string of the molecule is ClCc1ccc2ccccc2c1OCC1CO1. The summed E-state index contributed by atoms with van der Waals surface area (Å²) in [7, 11) is 0. The molecule has 1 unspecified atom stereocenters. The highest BCUT2D eigenvalue weighted by Gasteiger charge is 2.23. The molecule has 3 rings (SSSR count). The molecule has 0 amide bonds. The van der Waals surface area contributed by atoms with E-state index in [1.165, 1.54) is 5.39 Å². The van der Waals surface area contributed by atoms with Gasteiger partial charge in [0.2, 0.25) is 0 Å². The number of alkyl halides is 1. The van der Waals surface area contributed by atoms with Crippen LogP contribution in [-0.2, 0) is 10.6 Å². The maximum absolute atomic E-state index is 5.95. The molecule has 0 bridgehead atoms. The van der Waals surface area contributed by atoms with E-state index in [9.17, 15) is 0 Å². The second kappa shape index (κ2) is 4.55. The standard InChI is InChI=1S/C14H13ClO2/c15-7-11-6-5-10-3-1-2-4-13(10)14(11)17-9-12-8-16-12/h1-6,12H,7-9H2. The fraction of sp³-hybridized carbons (Fsp3) is 0.286. The molecule has 88 valence electrons. The predicted molar refractivity (Wildman–Crippen MR) is 68.7 cm³/mol. The van der Waals surface area contributed by atoms with Crippen molar-refractivity contribution in [3.05, 3.63) is 42.0 Å². The first-order chi connectivity index (χ1) is 8.38. The number of hydrogen-bond acceptors (Lipinski definition) is 2. The van der Waals surface area contributed by atoms with Crippen molar-refractivity contribution in [2.24, 2.45) is 0 Å². The monoisotopic (exact) mass is 248 g/mol. The molecule has 0 aromatic heterocycles. The third kappa shape index (κ3) is 2.24. The molecule has 0 spiro atoms. The van der Waals surface area contributed by atoms with Crippen LogP contribution in [0, 0.1) is 0 Å². The van der Waals surface area contributed by atoms with Gasteiger partial charge in [-0.15, -0.1) is 11.6 Å². The molecule has 0 aliphatic carbocycles. The number of rotatable bonds is 4. The Bertz CT molecular complexity index is 535. The Morgan fingerprint density at radius 1 is 1.24 bits per heavy atom. The molecular weight excluding hydrogens is 236 g/mol. The molecule has 1 heterocycles. The van der Waals surface area contributed by atoms with Crippen molar-refractivity contribution in [2.75, 3.05) is 13.2 Å². The smallest absolute Gasteiger partial charge is 0.131 e. The molecule has 2 nitrogen and oxygen atoms in total. The van der Waals surface area contributed by atoms with E-state index >= 15 is 0 Å². The van der Waals surface area contributed by atoms with Crippen molar-refractivity contribution in [1.82, 2.24) is 0 Å². The van der Waals surface area contributed by atoms with Gasteiger partial charge in [-0.25, -0.2) is 0 Å². The van der Waals surface area contributed by atoms with Gasteiger partial charge in [0.05, 0.1) is 12.5 Å². The molecular formula is C14H13ClO2. The molecule has 3 heteroatoms. The zero-order chi connectivity index (χ0) is 11.7. The summed E-state index contributed by atoms with van der Waals surface area (Å²) in [6.45, 7) is 1.42. The Labute approximate surface area is 105 Å². The van der Waals surface area contributed by atoms with Crippen LogP contribution >= 0.6 is 11.6 Å². The van der Waals surface area contributed by atoms with E-state index in [1.807, 2.05) is 18.2 Å². The summed E-state index contributed by atoms with van der Waals surface area (Å²) < 4.78 is 11.0. The van der Waals surface area contributed by atoms with Crippen LogP contribution in [0.15, 0.2) is 36.4 Å². The minimum absolute atomic E-state index is 0.261. The molecule has 1 atom stereocenters. The summed E-state index contributed by atoms with van der Waals surface area (Å²) >= 11 is 5.95. The highest BCUT2D eigenvalue weighted by Crippen LogP contribution is 2.31. The maximum atomic E-state index is 5.95. The molecule has 0 radical (unpaired) electrons. The van der Waals surface area contributed by atoms with E-state index in [2.05, 4.69) is 18.2 Å². The number of hydrogen-bond donors (Lipinski definition) is 0. The minimum Gasteiger partial charge on any atom is -0.490 e. The van der Waals surface area contributed by atoms with Crippen LogP contribution in [0.4, 0.5) is 0 Å². The van der Waals surface area contributed by atoms with Gasteiger partial charge in [-0.05, 0) is 5.39 Å². The molecule has 1 fully saturated rings. The van der Waals surface area contributed by atoms with Crippen LogP contribution in [0.1, 0.15) is 5.56 Å². The maximum Gasteiger partial charge on any atom is 0.131 e. The van der Waals surface area contributed by atoms with Gasteiger partial charge in [-0.1, -0.05) is 36.4 Å². The molecule has 0 saturated carbocycles. The second-order valence-electron chi connectivity index (χ2n) is 4.17. The number of ether oxygens (including phenoxy) is 2. The first-order valence-electron chi connectivity index (χ1n) is 5.69. The Morgan fingerprint density at radius 3 is 2.82 bits per heavy atom. The van der Waals surface area contributed by atoms with Gasteiger partial charge < -0.3 is 9.47 Å². The van der Waals surface area contributed by atoms with Gasteiger partial charge in [-0.3, -0.25) is 0 Å². The lowest BCUT2D eigenvalue weighted by Gasteiger charge is -2.12. The number of epoxide rings is 1. The van der Waals surface area contributed by atoms with E-state index in [-0.39, 0.29) is 6.10 Å². The quantitative estimate of drug-likeness (QED) is 0.611. The summed E-state index contributed by atoms with van der Waals surface area (Å²) in [6, 6.07) is 12.3. The highest BCUT2D eigenvalue weighted by molar-refractivity contribution is 6.17. The van der Waals surface area contributed by atoms with Crippen LogP contribution < -0.4 is 4.74 Å². The van der Waals surface area contributed by atoms with Crippen LogP contribution in [0.3, 0.4) is 0 Å². The fourth-order valence-corrected chi connectivity index (χ4v) is 2.11. The molecule has 0 N–H and O–H groups in total. The van der Waals surface area contributed by atoms with Crippen LogP contribution in [0.5, 0.6) is 5.75 Å². The van der Waals surface area contributed by atoms with Gasteiger partial charge >= 0.3 is 0 Å². The number of fused-ring (bicyclic) bond motifs is 1. The van der Waals surface area contributed by atoms with E-state index in [0.717, 1.165) is 23.3 Å². The molecule has 2 aromatic rings. The zero-order valence-electron chi connectivity index (χ0n) is 9.36. The van der Waals surface area contributed by atoms with Gasteiger partial charge in [-0.2, -0.15) is 0 Å². The van der Waals surface area contributed by atoms with E-state index in [4.69, 9.17) is 21.1 Å². The van der Waals surface area contributed by atoms with Gasteiger partial charge in [0.1, 0.15) is 18.5 Å². The fourth-order valence-electron chi connectivity index (χ4n) is 1.90. The Hall–Kier alpha value is -1.25. The van der Waals surface area contributed by atoms with Crippen molar-refractivity contribution in [2.45, 2.75) is 12.0 Å². The average molecular weight is 249 g/mol. The molecule has 1 aliphatic rings. The number of halogens is 1. The summed E-state index contributed by atoms with van der Waals surface area (Å²) in [5, 5.41) is 2.29. The van der Waals surface area contributed by atoms with Crippen LogP contribution in [-0.4, -0.2) is 19.3 Å². The van der Waals surface area contributed by atoms with E-state index < -0.39 is 0 Å². The molecule has 1 aliphatic heterocycles. The van der Waals surface area contributed by atoms with Gasteiger partial charge in [0.15, 0.2) is 0 Å². The predicted octanol–water partition coefficient (Wildman–Crippen LogP) is 3.36. The molecule has 17 heavy (non-hydrogen) atoms. The third-order valence-electron chi connectivity index (χ3n) is 2.92. The Kier molecular flexibility index (Phi) is 2.91. The van der Waals surface area contributed by atoms with Gasteiger partial charge in [0.25, 0.3) is 0 Å². The third-order valence-corrected chi connectivity index (χ3v) is 3.21. The zero-order valence-corrected chi connectivity index (χ0v) is 10.1. The topological polar surface area (TPSA) is 21.8 Å².